The molecule has 68 heavy (non-hydrogen) atoms. The second-order valence-electron chi connectivity index (χ2n) is 20.7. The van der Waals surface area contributed by atoms with Crippen LogP contribution >= 0.6 is 0 Å². The first-order valence-corrected chi connectivity index (χ1v) is 30.3. The lowest BCUT2D eigenvalue weighted by atomic mass is 10.0. The molecule has 0 fully saturated rings. The summed E-state index contributed by atoms with van der Waals surface area (Å²) in [6.07, 6.45) is 71.8. The summed E-state index contributed by atoms with van der Waals surface area (Å²) in [7, 11) is 0. The lowest BCUT2D eigenvalue weighted by Crippen LogP contribution is -2.45. The number of esters is 1. The number of ether oxygens (including phenoxy) is 1. The van der Waals surface area contributed by atoms with Gasteiger partial charge < -0.3 is 20.3 Å². The van der Waals surface area contributed by atoms with E-state index in [-0.39, 0.29) is 18.5 Å². The topological polar surface area (TPSA) is 95.9 Å². The normalized spacial score (nSPS) is 12.8. The van der Waals surface area contributed by atoms with Crippen LogP contribution in [0.15, 0.2) is 36.5 Å². The van der Waals surface area contributed by atoms with Crippen LogP contribution in [0.1, 0.15) is 322 Å². The van der Waals surface area contributed by atoms with E-state index in [9.17, 15) is 19.8 Å². The maximum absolute atomic E-state index is 12.4. The van der Waals surface area contributed by atoms with Crippen LogP contribution in [0, 0.1) is 0 Å². The number of aliphatic hydroxyl groups is 2. The Morgan fingerprint density at radius 2 is 0.735 bits per heavy atom. The summed E-state index contributed by atoms with van der Waals surface area (Å²) in [5.41, 5.74) is 0. The molecule has 1 amide bonds. The highest BCUT2D eigenvalue weighted by Gasteiger charge is 2.18. The van der Waals surface area contributed by atoms with Gasteiger partial charge in [-0.2, -0.15) is 0 Å². The lowest BCUT2D eigenvalue weighted by molar-refractivity contribution is -0.143. The van der Waals surface area contributed by atoms with E-state index < -0.39 is 12.1 Å². The van der Waals surface area contributed by atoms with Crippen molar-refractivity contribution in [1.82, 2.24) is 5.32 Å². The predicted molar refractivity (Wildman–Crippen MR) is 296 cm³/mol. The summed E-state index contributed by atoms with van der Waals surface area (Å²) in [6, 6.07) is -0.627. The molecule has 2 unspecified atom stereocenters. The van der Waals surface area contributed by atoms with Gasteiger partial charge >= 0.3 is 5.97 Å². The fourth-order valence-corrected chi connectivity index (χ4v) is 9.25. The molecular formula is C62H117NO5. The Hall–Kier alpha value is -1.92. The van der Waals surface area contributed by atoms with Gasteiger partial charge in [-0.15, -0.1) is 0 Å². The molecule has 0 heterocycles. The maximum atomic E-state index is 12.4. The number of allylic oxidation sites excluding steroid dienone is 5. The molecule has 0 aliphatic heterocycles. The number of hydrogen-bond acceptors (Lipinski definition) is 5. The second-order valence-corrected chi connectivity index (χ2v) is 20.7. The molecule has 0 aromatic heterocycles. The van der Waals surface area contributed by atoms with Gasteiger partial charge in [0.05, 0.1) is 25.4 Å². The molecule has 0 aliphatic carbocycles. The number of aliphatic hydroxyl groups excluding tert-OH is 2. The minimum atomic E-state index is -0.844. The monoisotopic (exact) mass is 956 g/mol. The summed E-state index contributed by atoms with van der Waals surface area (Å²) in [5, 5.41) is 23.0. The van der Waals surface area contributed by atoms with Crippen LogP contribution in [0.4, 0.5) is 0 Å². The number of nitrogens with one attached hydrogen (secondary N) is 1. The van der Waals surface area contributed by atoms with Crippen molar-refractivity contribution in [2.24, 2.45) is 0 Å². The molecule has 0 aromatic carbocycles. The Morgan fingerprint density at radius 3 is 1.15 bits per heavy atom. The van der Waals surface area contributed by atoms with E-state index in [0.717, 1.165) is 51.4 Å². The van der Waals surface area contributed by atoms with E-state index >= 15 is 0 Å². The van der Waals surface area contributed by atoms with Crippen molar-refractivity contribution in [2.45, 2.75) is 334 Å². The summed E-state index contributed by atoms with van der Waals surface area (Å²) < 4.78 is 5.50. The van der Waals surface area contributed by atoms with Gasteiger partial charge in [-0.05, 0) is 64.2 Å². The van der Waals surface area contributed by atoms with E-state index in [2.05, 4.69) is 43.5 Å². The van der Waals surface area contributed by atoms with Crippen LogP contribution in [0.25, 0.3) is 0 Å². The summed E-state index contributed by atoms with van der Waals surface area (Å²) in [6.45, 7) is 4.87. The van der Waals surface area contributed by atoms with Crippen LogP contribution in [-0.2, 0) is 14.3 Å². The average molecular weight is 957 g/mol. The number of amides is 1. The van der Waals surface area contributed by atoms with Crippen LogP contribution in [0.2, 0.25) is 0 Å². The van der Waals surface area contributed by atoms with Crippen LogP contribution < -0.4 is 5.32 Å². The first kappa shape index (κ1) is 66.1. The van der Waals surface area contributed by atoms with Crippen molar-refractivity contribution in [3.8, 4) is 0 Å². The molecule has 6 heteroatoms. The Labute approximate surface area is 424 Å². The Kier molecular flexibility index (Phi) is 56.0. The molecule has 0 spiro atoms. The van der Waals surface area contributed by atoms with E-state index in [1.807, 2.05) is 6.08 Å². The zero-order valence-electron chi connectivity index (χ0n) is 45.6. The van der Waals surface area contributed by atoms with Gasteiger partial charge in [-0.1, -0.05) is 281 Å². The summed E-state index contributed by atoms with van der Waals surface area (Å²) >= 11 is 0. The molecule has 0 aliphatic rings. The zero-order chi connectivity index (χ0) is 49.3. The van der Waals surface area contributed by atoms with Gasteiger partial charge in [-0.3, -0.25) is 9.59 Å². The third-order valence-electron chi connectivity index (χ3n) is 13.9. The van der Waals surface area contributed by atoms with Crippen molar-refractivity contribution < 1.29 is 24.5 Å². The SMILES string of the molecule is CCCCC/C=C\C/C=C\CCCCCCCCCCCC(=O)OCCCCCCCCCCCCCCCCCCCCCCCC(=O)NC(CO)C(O)/C=C/CCCCCCCCCCC. The van der Waals surface area contributed by atoms with Gasteiger partial charge in [0.1, 0.15) is 0 Å². The van der Waals surface area contributed by atoms with Crippen molar-refractivity contribution in [1.29, 1.82) is 0 Å². The lowest BCUT2D eigenvalue weighted by Gasteiger charge is -2.20. The molecule has 0 bridgehead atoms. The van der Waals surface area contributed by atoms with Gasteiger partial charge in [0.25, 0.3) is 0 Å². The van der Waals surface area contributed by atoms with Crippen molar-refractivity contribution >= 4 is 11.9 Å². The zero-order valence-corrected chi connectivity index (χ0v) is 45.6. The van der Waals surface area contributed by atoms with E-state index in [1.54, 1.807) is 6.08 Å². The molecule has 0 radical (unpaired) electrons. The van der Waals surface area contributed by atoms with Crippen molar-refractivity contribution in [3.63, 3.8) is 0 Å². The maximum Gasteiger partial charge on any atom is 0.305 e. The Balaban J connectivity index is 3.37. The van der Waals surface area contributed by atoms with Crippen molar-refractivity contribution in [3.05, 3.63) is 36.5 Å². The average Bonchev–Trinajstić information content (AvgIpc) is 3.34. The highest BCUT2D eigenvalue weighted by atomic mass is 16.5. The first-order chi connectivity index (χ1) is 33.5. The molecule has 6 nitrogen and oxygen atoms in total. The largest absolute Gasteiger partial charge is 0.466 e. The molecule has 400 valence electrons. The number of rotatable bonds is 56. The third-order valence-corrected chi connectivity index (χ3v) is 13.9. The first-order valence-electron chi connectivity index (χ1n) is 30.3. The predicted octanol–water partition coefficient (Wildman–Crippen LogP) is 18.8. The fourth-order valence-electron chi connectivity index (χ4n) is 9.25. The molecular weight excluding hydrogens is 839 g/mol. The quantitative estimate of drug-likeness (QED) is 0.0321. The highest BCUT2D eigenvalue weighted by Crippen LogP contribution is 2.17. The Morgan fingerprint density at radius 1 is 0.412 bits per heavy atom. The molecule has 0 aromatic rings. The van der Waals surface area contributed by atoms with E-state index in [4.69, 9.17) is 4.74 Å². The van der Waals surface area contributed by atoms with Crippen LogP contribution in [0.3, 0.4) is 0 Å². The van der Waals surface area contributed by atoms with Gasteiger partial charge in [-0.25, -0.2) is 0 Å². The summed E-state index contributed by atoms with van der Waals surface area (Å²) in [4.78, 5) is 24.5. The Bertz CT molecular complexity index is 1100. The third kappa shape index (κ3) is 53.4. The fraction of sp³-hybridized carbons (Fsp3) is 0.871. The summed E-state index contributed by atoms with van der Waals surface area (Å²) in [5.74, 6) is -0.0625. The number of carbonyl (C=O) groups excluding carboxylic acids is 2. The number of hydrogen-bond donors (Lipinski definition) is 3. The highest BCUT2D eigenvalue weighted by molar-refractivity contribution is 5.76. The van der Waals surface area contributed by atoms with Gasteiger partial charge in [0.15, 0.2) is 0 Å². The number of carbonyl (C=O) groups is 2. The minimum absolute atomic E-state index is 0.00744. The molecule has 0 saturated carbocycles. The standard InChI is InChI=1S/C62H117NO5/c1-3-5-7-9-11-13-15-16-17-18-22-26-29-32-36-40-44-48-52-56-62(67)68-57-53-49-45-41-37-33-30-27-24-21-19-20-23-25-28-31-35-39-43-47-51-55-61(66)63-59(58-64)60(65)54-50-46-42-38-34-14-12-10-8-6-4-2/h11,13,16-17,50,54,59-60,64-65H,3-10,12,14-15,18-49,51-53,55-58H2,1-2H3,(H,63,66)/b13-11-,17-16-,54-50+. The molecule has 2 atom stereocenters. The van der Waals surface area contributed by atoms with E-state index in [1.165, 1.54) is 244 Å². The molecule has 3 N–H and O–H groups in total. The van der Waals surface area contributed by atoms with Gasteiger partial charge in [0, 0.05) is 12.8 Å². The van der Waals surface area contributed by atoms with E-state index in [0.29, 0.717) is 19.4 Å². The minimum Gasteiger partial charge on any atom is -0.466 e. The number of unbranched alkanes of at least 4 members (excludes halogenated alkanes) is 41. The molecule has 0 saturated heterocycles. The van der Waals surface area contributed by atoms with Crippen LogP contribution in [-0.4, -0.2) is 47.4 Å². The smallest absolute Gasteiger partial charge is 0.305 e. The van der Waals surface area contributed by atoms with Crippen molar-refractivity contribution in [2.75, 3.05) is 13.2 Å². The second kappa shape index (κ2) is 57.7. The van der Waals surface area contributed by atoms with Gasteiger partial charge in [0.2, 0.25) is 5.91 Å². The van der Waals surface area contributed by atoms with Crippen LogP contribution in [0.5, 0.6) is 0 Å². The molecule has 0 rings (SSSR count).